The van der Waals surface area contributed by atoms with E-state index in [0.717, 1.165) is 28.7 Å². The summed E-state index contributed by atoms with van der Waals surface area (Å²) in [6.07, 6.45) is 0.867. The SMILES string of the molecule is c1ccc(-c2ccc(N(c3cc4c(c5ccccc35)Cc3c-4cccc3-c3cccc4oc5ccccc5c34)c3cccc4c3sc3ccccc34)cc2)cc1. The molecule has 0 spiro atoms. The van der Waals surface area contributed by atoms with Crippen molar-refractivity contribution in [1.82, 2.24) is 0 Å². The first-order valence-corrected chi connectivity index (χ1v) is 20.0. The Morgan fingerprint density at radius 2 is 1.04 bits per heavy atom. The molecule has 0 aliphatic heterocycles. The Bertz CT molecular complexity index is 3340. The number of anilines is 3. The zero-order valence-corrected chi connectivity index (χ0v) is 31.2. The van der Waals surface area contributed by atoms with Crippen LogP contribution in [0.15, 0.2) is 192 Å². The second kappa shape index (κ2) is 12.3. The van der Waals surface area contributed by atoms with Gasteiger partial charge in [0.05, 0.1) is 16.1 Å². The lowest BCUT2D eigenvalue weighted by Gasteiger charge is -2.28. The summed E-state index contributed by atoms with van der Waals surface area (Å²) in [5, 5.41) is 7.46. The standard InChI is InChI=1S/C53H33NOS/c1-2-13-33(14-3-1)34-27-29-35(30-28-34)54(47-23-11-22-42-40-17-7-9-26-51(40)56-53(42)47)48-32-46-38-20-10-19-37(44(38)31-45(46)36-15-4-5-16-39(36)48)41-21-12-25-50-52(41)43-18-6-8-24-49(43)55-50/h1-30,32H,31H2. The van der Waals surface area contributed by atoms with Crippen molar-refractivity contribution in [2.24, 2.45) is 0 Å². The van der Waals surface area contributed by atoms with Gasteiger partial charge in [0.1, 0.15) is 11.2 Å². The largest absolute Gasteiger partial charge is 0.456 e. The average molecular weight is 732 g/mol. The Kier molecular flexibility index (Phi) is 6.89. The van der Waals surface area contributed by atoms with Gasteiger partial charge in [-0.2, -0.15) is 0 Å². The van der Waals surface area contributed by atoms with Crippen LogP contribution in [0.3, 0.4) is 0 Å². The topological polar surface area (TPSA) is 16.4 Å². The van der Waals surface area contributed by atoms with E-state index in [1.54, 1.807) is 0 Å². The van der Waals surface area contributed by atoms with Crippen molar-refractivity contribution in [3.05, 3.63) is 199 Å². The Morgan fingerprint density at radius 1 is 0.411 bits per heavy atom. The molecule has 0 radical (unpaired) electrons. The lowest BCUT2D eigenvalue weighted by Crippen LogP contribution is -2.11. The van der Waals surface area contributed by atoms with E-state index in [1.807, 2.05) is 17.4 Å². The van der Waals surface area contributed by atoms with Crippen LogP contribution < -0.4 is 4.90 Å². The van der Waals surface area contributed by atoms with Gasteiger partial charge in [0, 0.05) is 37.3 Å². The number of hydrogen-bond acceptors (Lipinski definition) is 3. The number of nitrogens with zero attached hydrogens (tertiary/aromatic N) is 1. The molecule has 3 heteroatoms. The van der Waals surface area contributed by atoms with E-state index >= 15 is 0 Å². The molecule has 0 amide bonds. The zero-order valence-electron chi connectivity index (χ0n) is 30.4. The van der Waals surface area contributed by atoms with Crippen molar-refractivity contribution in [2.45, 2.75) is 6.42 Å². The van der Waals surface area contributed by atoms with Crippen LogP contribution in [0.2, 0.25) is 0 Å². The maximum absolute atomic E-state index is 6.36. The molecule has 9 aromatic carbocycles. The molecule has 12 rings (SSSR count). The third-order valence-corrected chi connectivity index (χ3v) is 13.0. The number of hydrogen-bond donors (Lipinski definition) is 0. The van der Waals surface area contributed by atoms with Gasteiger partial charge in [-0.15, -0.1) is 11.3 Å². The summed E-state index contributed by atoms with van der Waals surface area (Å²) in [7, 11) is 0. The van der Waals surface area contributed by atoms with E-state index in [-0.39, 0.29) is 0 Å². The molecule has 56 heavy (non-hydrogen) atoms. The normalized spacial score (nSPS) is 12.2. The van der Waals surface area contributed by atoms with Crippen LogP contribution in [0.1, 0.15) is 11.1 Å². The maximum atomic E-state index is 6.36. The Hall–Kier alpha value is -6.94. The van der Waals surface area contributed by atoms with Crippen LogP contribution >= 0.6 is 11.3 Å². The molecule has 1 aliphatic carbocycles. The molecule has 0 N–H and O–H groups in total. The highest BCUT2D eigenvalue weighted by molar-refractivity contribution is 7.26. The van der Waals surface area contributed by atoms with E-state index in [4.69, 9.17) is 4.42 Å². The smallest absolute Gasteiger partial charge is 0.136 e. The van der Waals surface area contributed by atoms with Gasteiger partial charge in [0.2, 0.25) is 0 Å². The minimum absolute atomic E-state index is 0.867. The fourth-order valence-corrected chi connectivity index (χ4v) is 10.4. The molecule has 0 bridgehead atoms. The summed E-state index contributed by atoms with van der Waals surface area (Å²) >= 11 is 1.88. The quantitative estimate of drug-likeness (QED) is 0.175. The monoisotopic (exact) mass is 731 g/mol. The molecule has 0 unspecified atom stereocenters. The third-order valence-electron chi connectivity index (χ3n) is 11.7. The molecule has 11 aromatic rings. The molecule has 0 atom stereocenters. The number of rotatable bonds is 5. The van der Waals surface area contributed by atoms with Gasteiger partial charge in [-0.1, -0.05) is 146 Å². The number of fused-ring (bicyclic) bond motifs is 11. The number of benzene rings is 9. The van der Waals surface area contributed by atoms with Crippen LogP contribution in [0.5, 0.6) is 0 Å². The molecule has 2 heterocycles. The summed E-state index contributed by atoms with van der Waals surface area (Å²) in [5.74, 6) is 0. The van der Waals surface area contributed by atoms with Gasteiger partial charge in [0.25, 0.3) is 0 Å². The van der Waals surface area contributed by atoms with E-state index in [9.17, 15) is 0 Å². The lowest BCUT2D eigenvalue weighted by atomic mass is 9.93. The lowest BCUT2D eigenvalue weighted by molar-refractivity contribution is 0.669. The summed E-state index contributed by atoms with van der Waals surface area (Å²) in [4.78, 5) is 2.51. The molecule has 2 aromatic heterocycles. The van der Waals surface area contributed by atoms with Crippen molar-refractivity contribution in [1.29, 1.82) is 0 Å². The molecule has 262 valence electrons. The summed E-state index contributed by atoms with van der Waals surface area (Å²) in [6, 6.07) is 68.6. The minimum Gasteiger partial charge on any atom is -0.456 e. The van der Waals surface area contributed by atoms with Crippen molar-refractivity contribution in [3.63, 3.8) is 0 Å². The van der Waals surface area contributed by atoms with Crippen LogP contribution in [0.25, 0.3) is 86.3 Å². The molecule has 0 saturated carbocycles. The first-order chi connectivity index (χ1) is 27.8. The van der Waals surface area contributed by atoms with Crippen molar-refractivity contribution in [3.8, 4) is 33.4 Å². The molecular formula is C53H33NOS. The van der Waals surface area contributed by atoms with Crippen molar-refractivity contribution in [2.75, 3.05) is 4.90 Å². The molecule has 2 nitrogen and oxygen atoms in total. The summed E-state index contributed by atoms with van der Waals surface area (Å²) < 4.78 is 8.94. The van der Waals surface area contributed by atoms with Gasteiger partial charge < -0.3 is 9.32 Å². The first kappa shape index (κ1) is 31.4. The highest BCUT2D eigenvalue weighted by Gasteiger charge is 2.29. The fourth-order valence-electron chi connectivity index (χ4n) is 9.24. The van der Waals surface area contributed by atoms with Gasteiger partial charge in [-0.05, 0) is 98.8 Å². The highest BCUT2D eigenvalue weighted by Crippen LogP contribution is 2.52. The van der Waals surface area contributed by atoms with Gasteiger partial charge in [-0.3, -0.25) is 0 Å². The van der Waals surface area contributed by atoms with E-state index < -0.39 is 0 Å². The molecule has 0 fully saturated rings. The number of thiophene rings is 1. The van der Waals surface area contributed by atoms with Gasteiger partial charge in [-0.25, -0.2) is 0 Å². The number of furan rings is 1. The average Bonchev–Trinajstić information content (AvgIpc) is 3.96. The Labute approximate surface area is 328 Å². The van der Waals surface area contributed by atoms with E-state index in [0.29, 0.717) is 0 Å². The minimum atomic E-state index is 0.867. The second-order valence-electron chi connectivity index (χ2n) is 14.8. The van der Waals surface area contributed by atoms with Crippen LogP contribution in [-0.4, -0.2) is 0 Å². The van der Waals surface area contributed by atoms with Crippen LogP contribution in [-0.2, 0) is 6.42 Å². The van der Waals surface area contributed by atoms with E-state index in [1.165, 1.54) is 92.2 Å². The van der Waals surface area contributed by atoms with Crippen molar-refractivity contribution < 1.29 is 4.42 Å². The summed E-state index contributed by atoms with van der Waals surface area (Å²) in [6.45, 7) is 0. The van der Waals surface area contributed by atoms with Gasteiger partial charge in [0.15, 0.2) is 0 Å². The second-order valence-corrected chi connectivity index (χ2v) is 15.8. The molecule has 0 saturated heterocycles. The first-order valence-electron chi connectivity index (χ1n) is 19.2. The third kappa shape index (κ3) is 4.68. The predicted octanol–water partition coefficient (Wildman–Crippen LogP) is 15.5. The van der Waals surface area contributed by atoms with Crippen LogP contribution in [0.4, 0.5) is 17.1 Å². The molecule has 1 aliphatic rings. The van der Waals surface area contributed by atoms with Crippen LogP contribution in [0, 0.1) is 0 Å². The van der Waals surface area contributed by atoms with Crippen molar-refractivity contribution >= 4 is 81.3 Å². The fraction of sp³-hybridized carbons (Fsp3) is 0.0189. The van der Waals surface area contributed by atoms with Gasteiger partial charge >= 0.3 is 0 Å². The predicted molar refractivity (Wildman–Crippen MR) is 238 cm³/mol. The zero-order chi connectivity index (χ0) is 36.7. The van der Waals surface area contributed by atoms with E-state index in [2.05, 4.69) is 187 Å². The highest BCUT2D eigenvalue weighted by atomic mass is 32.1. The summed E-state index contributed by atoms with van der Waals surface area (Å²) in [5.41, 5.74) is 15.6. The number of para-hydroxylation sites is 1. The maximum Gasteiger partial charge on any atom is 0.136 e. The molecular weight excluding hydrogens is 699 g/mol. The Morgan fingerprint density at radius 3 is 1.89 bits per heavy atom. The Balaban J connectivity index is 1.10.